The van der Waals surface area contributed by atoms with Crippen LogP contribution in [0.2, 0.25) is 0 Å². The monoisotopic (exact) mass is 434 g/mol. The van der Waals surface area contributed by atoms with Gasteiger partial charge in [0.05, 0.1) is 5.69 Å². The predicted octanol–water partition coefficient (Wildman–Crippen LogP) is 3.57. The summed E-state index contributed by atoms with van der Waals surface area (Å²) in [7, 11) is -3.30. The van der Waals surface area contributed by atoms with Gasteiger partial charge in [-0.15, -0.1) is 0 Å². The van der Waals surface area contributed by atoms with Crippen LogP contribution in [0.1, 0.15) is 37.3 Å². The Labute approximate surface area is 166 Å². The number of alkyl halides is 3. The van der Waals surface area contributed by atoms with E-state index >= 15 is 0 Å². The standard InChI is InChI=1S/C18H22F4N4O2S/c1-26(11-18(20,21)22)29(27,28)25-15-7-5-12(6-8-15)16-10-17(24-23-16)13-3-2-4-14(19)9-13/h2-4,9-10,12,15,25H,5-8,11H2,1H3,(H,23,24). The van der Waals surface area contributed by atoms with Gasteiger partial charge in [-0.1, -0.05) is 12.1 Å². The largest absolute Gasteiger partial charge is 0.402 e. The van der Waals surface area contributed by atoms with Crippen molar-refractivity contribution in [3.8, 4) is 11.3 Å². The van der Waals surface area contributed by atoms with E-state index in [4.69, 9.17) is 0 Å². The first-order valence-electron chi connectivity index (χ1n) is 9.15. The number of halogens is 4. The van der Waals surface area contributed by atoms with E-state index in [0.29, 0.717) is 36.9 Å². The molecule has 0 radical (unpaired) electrons. The number of H-pyrrole nitrogens is 1. The number of rotatable bonds is 6. The molecule has 1 aliphatic rings. The quantitative estimate of drug-likeness (QED) is 0.683. The van der Waals surface area contributed by atoms with Crippen molar-refractivity contribution in [3.05, 3.63) is 41.8 Å². The summed E-state index contributed by atoms with van der Waals surface area (Å²) >= 11 is 0. The van der Waals surface area contributed by atoms with E-state index in [-0.39, 0.29) is 16.0 Å². The highest BCUT2D eigenvalue weighted by Crippen LogP contribution is 2.34. The van der Waals surface area contributed by atoms with E-state index in [1.54, 1.807) is 12.1 Å². The SMILES string of the molecule is CN(CC(F)(F)F)S(=O)(=O)NC1CCC(c2cc(-c3cccc(F)c3)n[nH]2)CC1. The summed E-state index contributed by atoms with van der Waals surface area (Å²) in [5.41, 5.74) is 2.15. The van der Waals surface area contributed by atoms with Gasteiger partial charge in [0.2, 0.25) is 0 Å². The number of nitrogens with zero attached hydrogens (tertiary/aromatic N) is 2. The van der Waals surface area contributed by atoms with Crippen LogP contribution in [0.25, 0.3) is 11.3 Å². The molecule has 1 heterocycles. The third kappa shape index (κ3) is 5.77. The van der Waals surface area contributed by atoms with Gasteiger partial charge in [-0.25, -0.2) is 4.39 Å². The number of aromatic amines is 1. The van der Waals surface area contributed by atoms with Crippen molar-refractivity contribution in [2.75, 3.05) is 13.6 Å². The highest BCUT2D eigenvalue weighted by molar-refractivity contribution is 7.87. The average molecular weight is 434 g/mol. The first kappa shape index (κ1) is 21.7. The summed E-state index contributed by atoms with van der Waals surface area (Å²) in [6, 6.07) is 7.53. The summed E-state index contributed by atoms with van der Waals surface area (Å²) in [4.78, 5) is 0. The normalized spacial score (nSPS) is 20.9. The van der Waals surface area contributed by atoms with Crippen LogP contribution in [0.5, 0.6) is 0 Å². The second-order valence-electron chi connectivity index (χ2n) is 7.26. The summed E-state index contributed by atoms with van der Waals surface area (Å²) in [5, 5.41) is 7.18. The molecule has 1 aromatic heterocycles. The lowest BCUT2D eigenvalue weighted by Crippen LogP contribution is -2.47. The van der Waals surface area contributed by atoms with Crippen molar-refractivity contribution in [2.45, 2.75) is 43.8 Å². The molecule has 0 aliphatic heterocycles. The van der Waals surface area contributed by atoms with Crippen LogP contribution < -0.4 is 4.72 Å². The molecular formula is C18H22F4N4O2S. The molecule has 0 spiro atoms. The van der Waals surface area contributed by atoms with Gasteiger partial charge in [0.15, 0.2) is 0 Å². The smallest absolute Gasteiger partial charge is 0.282 e. The molecule has 0 bridgehead atoms. The molecular weight excluding hydrogens is 412 g/mol. The van der Waals surface area contributed by atoms with Crippen molar-refractivity contribution in [1.82, 2.24) is 19.2 Å². The van der Waals surface area contributed by atoms with Crippen LogP contribution in [0.4, 0.5) is 17.6 Å². The Morgan fingerprint density at radius 1 is 1.21 bits per heavy atom. The minimum atomic E-state index is -4.60. The topological polar surface area (TPSA) is 78.1 Å². The third-order valence-corrected chi connectivity index (χ3v) is 6.59. The molecule has 2 N–H and O–H groups in total. The lowest BCUT2D eigenvalue weighted by Gasteiger charge is -2.30. The van der Waals surface area contributed by atoms with Crippen LogP contribution in [0.3, 0.4) is 0 Å². The molecule has 1 fully saturated rings. The van der Waals surface area contributed by atoms with Gasteiger partial charge in [-0.05, 0) is 43.9 Å². The fraction of sp³-hybridized carbons (Fsp3) is 0.500. The first-order chi connectivity index (χ1) is 13.5. The number of hydrogen-bond acceptors (Lipinski definition) is 3. The predicted molar refractivity (Wildman–Crippen MR) is 99.7 cm³/mol. The highest BCUT2D eigenvalue weighted by atomic mass is 32.2. The Bertz CT molecular complexity index is 937. The third-order valence-electron chi connectivity index (χ3n) is 5.01. The fourth-order valence-electron chi connectivity index (χ4n) is 3.50. The van der Waals surface area contributed by atoms with Crippen LogP contribution in [-0.4, -0.2) is 48.7 Å². The second-order valence-corrected chi connectivity index (χ2v) is 9.07. The molecule has 0 saturated heterocycles. The van der Waals surface area contributed by atoms with E-state index < -0.39 is 29.0 Å². The Kier molecular flexibility index (Phi) is 6.30. The molecule has 1 aliphatic carbocycles. The molecule has 1 aromatic carbocycles. The number of benzene rings is 1. The first-order valence-corrected chi connectivity index (χ1v) is 10.6. The van der Waals surface area contributed by atoms with Crippen molar-refractivity contribution >= 4 is 10.2 Å². The molecule has 3 rings (SSSR count). The molecule has 0 atom stereocenters. The maximum atomic E-state index is 13.4. The molecule has 11 heteroatoms. The number of nitrogens with one attached hydrogen (secondary N) is 2. The molecule has 0 amide bonds. The Balaban J connectivity index is 1.57. The molecule has 160 valence electrons. The molecule has 6 nitrogen and oxygen atoms in total. The fourth-order valence-corrected chi connectivity index (χ4v) is 4.65. The molecule has 1 saturated carbocycles. The van der Waals surface area contributed by atoms with Crippen LogP contribution in [0.15, 0.2) is 30.3 Å². The van der Waals surface area contributed by atoms with Gasteiger partial charge >= 0.3 is 6.18 Å². The van der Waals surface area contributed by atoms with Gasteiger partial charge in [0, 0.05) is 30.3 Å². The van der Waals surface area contributed by atoms with Gasteiger partial charge in [0.1, 0.15) is 12.4 Å². The van der Waals surface area contributed by atoms with Crippen LogP contribution in [-0.2, 0) is 10.2 Å². The Morgan fingerprint density at radius 2 is 1.90 bits per heavy atom. The zero-order valence-electron chi connectivity index (χ0n) is 15.7. The van der Waals surface area contributed by atoms with Gasteiger partial charge in [-0.3, -0.25) is 5.10 Å². The summed E-state index contributed by atoms with van der Waals surface area (Å²) in [5.74, 6) is -0.228. The summed E-state index contributed by atoms with van der Waals surface area (Å²) in [6.07, 6.45) is -2.29. The zero-order valence-corrected chi connectivity index (χ0v) is 16.5. The maximum Gasteiger partial charge on any atom is 0.402 e. The number of aromatic nitrogens is 2. The van der Waals surface area contributed by atoms with Crippen molar-refractivity contribution in [2.24, 2.45) is 0 Å². The zero-order chi connectivity index (χ0) is 21.2. The highest BCUT2D eigenvalue weighted by Gasteiger charge is 2.35. The van der Waals surface area contributed by atoms with E-state index in [2.05, 4.69) is 14.9 Å². The average Bonchev–Trinajstić information content (AvgIpc) is 3.11. The van der Waals surface area contributed by atoms with E-state index in [1.165, 1.54) is 12.1 Å². The van der Waals surface area contributed by atoms with E-state index in [0.717, 1.165) is 12.7 Å². The minimum absolute atomic E-state index is 0.124. The lowest BCUT2D eigenvalue weighted by atomic mass is 9.84. The van der Waals surface area contributed by atoms with Gasteiger partial charge < -0.3 is 0 Å². The lowest BCUT2D eigenvalue weighted by molar-refractivity contribution is -0.134. The van der Waals surface area contributed by atoms with Crippen LogP contribution >= 0.6 is 0 Å². The Hall–Kier alpha value is -1.98. The molecule has 2 aromatic rings. The molecule has 0 unspecified atom stereocenters. The van der Waals surface area contributed by atoms with Crippen molar-refractivity contribution in [1.29, 1.82) is 0 Å². The van der Waals surface area contributed by atoms with Gasteiger partial charge in [-0.2, -0.15) is 35.7 Å². The Morgan fingerprint density at radius 3 is 2.52 bits per heavy atom. The molecule has 29 heavy (non-hydrogen) atoms. The number of hydrogen-bond donors (Lipinski definition) is 2. The van der Waals surface area contributed by atoms with E-state index in [1.807, 2.05) is 6.07 Å². The van der Waals surface area contributed by atoms with Crippen molar-refractivity contribution < 1.29 is 26.0 Å². The van der Waals surface area contributed by atoms with Crippen LogP contribution in [0, 0.1) is 5.82 Å². The summed E-state index contributed by atoms with van der Waals surface area (Å²) in [6.45, 7) is -1.53. The maximum absolute atomic E-state index is 13.4. The summed E-state index contributed by atoms with van der Waals surface area (Å²) < 4.78 is 77.5. The second kappa shape index (κ2) is 8.41. The van der Waals surface area contributed by atoms with E-state index in [9.17, 15) is 26.0 Å². The van der Waals surface area contributed by atoms with Crippen molar-refractivity contribution in [3.63, 3.8) is 0 Å². The van der Waals surface area contributed by atoms with Gasteiger partial charge in [0.25, 0.3) is 10.2 Å². The minimum Gasteiger partial charge on any atom is -0.282 e.